The van der Waals surface area contributed by atoms with E-state index in [1.165, 1.54) is 12.1 Å². The molecule has 4 nitrogen and oxygen atoms in total. The van der Waals surface area contributed by atoms with E-state index in [4.69, 9.17) is 10.4 Å². The molecule has 0 saturated heterocycles. The number of carboxylic acids is 1. The fourth-order valence-electron chi connectivity index (χ4n) is 1.76. The first-order chi connectivity index (χ1) is 10.0. The van der Waals surface area contributed by atoms with Gasteiger partial charge in [0.15, 0.2) is 11.6 Å². The maximum absolute atomic E-state index is 13.6. The third-order valence-electron chi connectivity index (χ3n) is 2.84. The zero-order chi connectivity index (χ0) is 15.4. The molecular weight excluding hydrogens is 278 g/mol. The summed E-state index contributed by atoms with van der Waals surface area (Å²) in [6, 6.07) is 9.47. The number of carboxylic acid groups (broad SMARTS) is 1. The summed E-state index contributed by atoms with van der Waals surface area (Å²) in [7, 11) is 0. The molecule has 21 heavy (non-hydrogen) atoms. The number of rotatable bonds is 4. The molecule has 0 saturated carbocycles. The quantitative estimate of drug-likeness (QED) is 0.906. The van der Waals surface area contributed by atoms with E-state index in [-0.39, 0.29) is 23.4 Å². The van der Waals surface area contributed by atoms with Gasteiger partial charge < -0.3 is 10.4 Å². The highest BCUT2D eigenvalue weighted by Gasteiger charge is 2.11. The Kier molecular flexibility index (Phi) is 4.14. The van der Waals surface area contributed by atoms with Gasteiger partial charge in [-0.1, -0.05) is 12.1 Å². The Morgan fingerprint density at radius 1 is 1.19 bits per heavy atom. The predicted molar refractivity (Wildman–Crippen MR) is 71.8 cm³/mol. The number of benzene rings is 2. The zero-order valence-electron chi connectivity index (χ0n) is 10.7. The van der Waals surface area contributed by atoms with Crippen LogP contribution < -0.4 is 5.32 Å². The van der Waals surface area contributed by atoms with E-state index < -0.39 is 17.6 Å². The highest BCUT2D eigenvalue weighted by molar-refractivity contribution is 5.87. The monoisotopic (exact) mass is 288 g/mol. The van der Waals surface area contributed by atoms with E-state index in [0.29, 0.717) is 5.56 Å². The molecule has 0 aromatic heterocycles. The molecule has 0 atom stereocenters. The van der Waals surface area contributed by atoms with Crippen LogP contribution in [0.2, 0.25) is 0 Å². The number of anilines is 1. The Bertz CT molecular complexity index is 698. The topological polar surface area (TPSA) is 73.1 Å². The van der Waals surface area contributed by atoms with Crippen LogP contribution in [0.5, 0.6) is 0 Å². The van der Waals surface area contributed by atoms with Gasteiger partial charge in [-0.15, -0.1) is 0 Å². The molecule has 6 heteroatoms. The molecule has 2 aromatic carbocycles. The number of nitrogens with zero attached hydrogens (tertiary/aromatic N) is 1. The first kappa shape index (κ1) is 14.5. The minimum absolute atomic E-state index is 0.0960. The molecule has 0 bridgehead atoms. The fraction of sp³-hybridized carbons (Fsp3) is 0.0667. The molecule has 0 unspecified atom stereocenters. The third-order valence-corrected chi connectivity index (χ3v) is 2.84. The Balaban J connectivity index is 2.13. The zero-order valence-corrected chi connectivity index (χ0v) is 10.7. The highest BCUT2D eigenvalue weighted by atomic mass is 19.1. The SMILES string of the molecule is N#Cc1cc(F)c(NCc2ccc(C(=O)O)cc2)c(F)c1. The number of hydrogen-bond acceptors (Lipinski definition) is 3. The lowest BCUT2D eigenvalue weighted by Crippen LogP contribution is -2.05. The average Bonchev–Trinajstić information content (AvgIpc) is 2.46. The standard InChI is InChI=1S/C15H10F2N2O2/c16-12-5-10(7-18)6-13(17)14(12)19-8-9-1-3-11(4-2-9)15(20)21/h1-6,19H,8H2,(H,20,21). The van der Waals surface area contributed by atoms with Crippen LogP contribution in [-0.4, -0.2) is 11.1 Å². The van der Waals surface area contributed by atoms with Gasteiger partial charge >= 0.3 is 5.97 Å². The summed E-state index contributed by atoms with van der Waals surface area (Å²) in [6.45, 7) is 0.125. The van der Waals surface area contributed by atoms with Crippen molar-refractivity contribution in [1.82, 2.24) is 0 Å². The van der Waals surface area contributed by atoms with Crippen LogP contribution in [0.25, 0.3) is 0 Å². The van der Waals surface area contributed by atoms with Gasteiger partial charge in [-0.25, -0.2) is 13.6 Å². The molecule has 2 rings (SSSR count). The Morgan fingerprint density at radius 2 is 1.76 bits per heavy atom. The molecule has 2 N–H and O–H groups in total. The van der Waals surface area contributed by atoms with Gasteiger partial charge in [-0.2, -0.15) is 5.26 Å². The Labute approximate surface area is 119 Å². The second-order valence-electron chi connectivity index (χ2n) is 4.28. The first-order valence-electron chi connectivity index (χ1n) is 5.96. The lowest BCUT2D eigenvalue weighted by atomic mass is 10.1. The number of nitriles is 1. The average molecular weight is 288 g/mol. The summed E-state index contributed by atoms with van der Waals surface area (Å²) in [4.78, 5) is 10.7. The van der Waals surface area contributed by atoms with Gasteiger partial charge in [0.25, 0.3) is 0 Å². The summed E-state index contributed by atoms with van der Waals surface area (Å²) in [6.07, 6.45) is 0. The maximum Gasteiger partial charge on any atom is 0.335 e. The second-order valence-corrected chi connectivity index (χ2v) is 4.28. The van der Waals surface area contributed by atoms with Crippen LogP contribution in [0.15, 0.2) is 36.4 Å². The Morgan fingerprint density at radius 3 is 2.24 bits per heavy atom. The second kappa shape index (κ2) is 6.01. The largest absolute Gasteiger partial charge is 0.478 e. The van der Waals surface area contributed by atoms with Crippen molar-refractivity contribution in [3.63, 3.8) is 0 Å². The number of nitrogens with one attached hydrogen (secondary N) is 1. The molecular formula is C15H10F2N2O2. The normalized spacial score (nSPS) is 9.95. The van der Waals surface area contributed by atoms with E-state index in [9.17, 15) is 13.6 Å². The minimum atomic E-state index is -1.04. The fourth-order valence-corrected chi connectivity index (χ4v) is 1.76. The van der Waals surface area contributed by atoms with Crippen LogP contribution in [-0.2, 0) is 6.54 Å². The van der Waals surface area contributed by atoms with Gasteiger partial charge in [0, 0.05) is 6.54 Å². The van der Waals surface area contributed by atoms with Gasteiger partial charge in [-0.3, -0.25) is 0 Å². The molecule has 0 aliphatic rings. The summed E-state index contributed by atoms with van der Waals surface area (Å²) < 4.78 is 27.3. The van der Waals surface area contributed by atoms with Crippen LogP contribution >= 0.6 is 0 Å². The molecule has 106 valence electrons. The summed E-state index contributed by atoms with van der Waals surface area (Å²) >= 11 is 0. The lowest BCUT2D eigenvalue weighted by Gasteiger charge is -2.09. The smallest absolute Gasteiger partial charge is 0.335 e. The lowest BCUT2D eigenvalue weighted by molar-refractivity contribution is 0.0697. The summed E-state index contributed by atoms with van der Waals surface area (Å²) in [5, 5.41) is 20.0. The van der Waals surface area contributed by atoms with Gasteiger partial charge in [0.2, 0.25) is 0 Å². The summed E-state index contributed by atoms with van der Waals surface area (Å²) in [5.41, 5.74) is 0.385. The number of carbonyl (C=O) groups is 1. The summed E-state index contributed by atoms with van der Waals surface area (Å²) in [5.74, 6) is -2.75. The third kappa shape index (κ3) is 3.34. The molecule has 0 amide bonds. The molecule has 2 aromatic rings. The number of hydrogen-bond donors (Lipinski definition) is 2. The van der Waals surface area contributed by atoms with Crippen molar-refractivity contribution in [1.29, 1.82) is 5.26 Å². The van der Waals surface area contributed by atoms with Gasteiger partial charge in [-0.05, 0) is 29.8 Å². The van der Waals surface area contributed by atoms with Crippen LogP contribution in [0, 0.1) is 23.0 Å². The van der Waals surface area contributed by atoms with Crippen LogP contribution in [0.4, 0.5) is 14.5 Å². The first-order valence-corrected chi connectivity index (χ1v) is 5.96. The van der Waals surface area contributed by atoms with Crippen molar-refractivity contribution in [2.75, 3.05) is 5.32 Å². The number of halogens is 2. The van der Waals surface area contributed by atoms with Gasteiger partial charge in [0.05, 0.1) is 17.2 Å². The number of aromatic carboxylic acids is 1. The molecule has 0 radical (unpaired) electrons. The van der Waals surface area contributed by atoms with Crippen molar-refractivity contribution in [2.24, 2.45) is 0 Å². The van der Waals surface area contributed by atoms with Crippen molar-refractivity contribution in [2.45, 2.75) is 6.54 Å². The molecule has 0 fully saturated rings. The van der Waals surface area contributed by atoms with Crippen molar-refractivity contribution >= 4 is 11.7 Å². The van der Waals surface area contributed by atoms with Crippen molar-refractivity contribution < 1.29 is 18.7 Å². The molecule has 0 heterocycles. The molecule has 0 aliphatic carbocycles. The van der Waals surface area contributed by atoms with Crippen LogP contribution in [0.3, 0.4) is 0 Å². The van der Waals surface area contributed by atoms with E-state index in [0.717, 1.165) is 12.1 Å². The van der Waals surface area contributed by atoms with E-state index in [2.05, 4.69) is 5.32 Å². The van der Waals surface area contributed by atoms with Gasteiger partial charge in [0.1, 0.15) is 5.69 Å². The van der Waals surface area contributed by atoms with E-state index in [1.54, 1.807) is 18.2 Å². The minimum Gasteiger partial charge on any atom is -0.478 e. The molecule has 0 spiro atoms. The maximum atomic E-state index is 13.6. The Hall–Kier alpha value is -2.94. The van der Waals surface area contributed by atoms with Crippen molar-refractivity contribution in [3.05, 3.63) is 64.7 Å². The van der Waals surface area contributed by atoms with Crippen molar-refractivity contribution in [3.8, 4) is 6.07 Å². The van der Waals surface area contributed by atoms with E-state index >= 15 is 0 Å². The molecule has 0 aliphatic heterocycles. The van der Waals surface area contributed by atoms with Crippen LogP contribution in [0.1, 0.15) is 21.5 Å². The van der Waals surface area contributed by atoms with E-state index in [1.807, 2.05) is 0 Å². The highest BCUT2D eigenvalue weighted by Crippen LogP contribution is 2.21. The predicted octanol–water partition coefficient (Wildman–Crippen LogP) is 3.15.